The summed E-state index contributed by atoms with van der Waals surface area (Å²) < 4.78 is 20.1. The maximum atomic E-state index is 12.9. The van der Waals surface area contributed by atoms with Gasteiger partial charge in [0.1, 0.15) is 11.6 Å². The van der Waals surface area contributed by atoms with Gasteiger partial charge in [-0.25, -0.2) is 14.2 Å². The lowest BCUT2D eigenvalue weighted by atomic mass is 10.1. The third kappa shape index (κ3) is 3.78. The van der Waals surface area contributed by atoms with E-state index in [9.17, 15) is 14.0 Å². The van der Waals surface area contributed by atoms with Crippen molar-refractivity contribution in [3.63, 3.8) is 0 Å². The Hall–Kier alpha value is -3.80. The number of halogens is 1. The molecule has 0 bridgehead atoms. The number of hydrogen-bond donors (Lipinski definition) is 0. The van der Waals surface area contributed by atoms with Gasteiger partial charge in [0.15, 0.2) is 12.4 Å². The van der Waals surface area contributed by atoms with Gasteiger partial charge in [0.05, 0.1) is 16.6 Å². The molecular weight excluding hydrogens is 371 g/mol. The quantitative estimate of drug-likeness (QED) is 0.373. The van der Waals surface area contributed by atoms with Crippen LogP contribution in [0.15, 0.2) is 72.8 Å². The van der Waals surface area contributed by atoms with E-state index in [0.717, 1.165) is 17.0 Å². The number of nitrogens with zero attached hydrogens (tertiary/aromatic N) is 2. The number of imidazole rings is 1. The van der Waals surface area contributed by atoms with Crippen molar-refractivity contribution >= 4 is 22.8 Å². The first kappa shape index (κ1) is 18.6. The van der Waals surface area contributed by atoms with Crippen molar-refractivity contribution in [1.82, 2.24) is 9.55 Å². The number of para-hydroxylation sites is 1. The number of aryl methyl sites for hydroxylation is 1. The van der Waals surface area contributed by atoms with Gasteiger partial charge in [-0.3, -0.25) is 9.36 Å². The van der Waals surface area contributed by atoms with E-state index in [4.69, 9.17) is 4.74 Å². The van der Waals surface area contributed by atoms with Gasteiger partial charge in [-0.1, -0.05) is 18.2 Å². The molecule has 0 aliphatic heterocycles. The zero-order chi connectivity index (χ0) is 20.4. The molecule has 0 saturated heterocycles. The maximum absolute atomic E-state index is 12.9. The summed E-state index contributed by atoms with van der Waals surface area (Å²) in [6.45, 7) is 1.48. The second-order valence-electron chi connectivity index (χ2n) is 6.54. The fourth-order valence-corrected chi connectivity index (χ4v) is 3.16. The number of rotatable bonds is 5. The fraction of sp³-hybridized carbons (Fsp3) is 0.0870. The average Bonchev–Trinajstić information content (AvgIpc) is 3.07. The summed E-state index contributed by atoms with van der Waals surface area (Å²) in [7, 11) is 0. The molecule has 0 amide bonds. The Bertz CT molecular complexity index is 1200. The molecule has 1 heterocycles. The van der Waals surface area contributed by atoms with Gasteiger partial charge in [0.25, 0.3) is 0 Å². The van der Waals surface area contributed by atoms with Crippen LogP contribution in [0.2, 0.25) is 0 Å². The van der Waals surface area contributed by atoms with E-state index in [1.54, 1.807) is 18.2 Å². The van der Waals surface area contributed by atoms with E-state index in [-0.39, 0.29) is 5.56 Å². The van der Waals surface area contributed by atoms with Crippen molar-refractivity contribution in [2.75, 3.05) is 6.61 Å². The number of esters is 1. The minimum Gasteiger partial charge on any atom is -0.454 e. The first-order valence-electron chi connectivity index (χ1n) is 9.03. The van der Waals surface area contributed by atoms with Crippen LogP contribution in [0, 0.1) is 12.7 Å². The van der Waals surface area contributed by atoms with Crippen molar-refractivity contribution in [1.29, 1.82) is 0 Å². The molecule has 0 aliphatic carbocycles. The van der Waals surface area contributed by atoms with Gasteiger partial charge in [-0.15, -0.1) is 0 Å². The van der Waals surface area contributed by atoms with Crippen LogP contribution in [0.4, 0.5) is 4.39 Å². The van der Waals surface area contributed by atoms with Gasteiger partial charge in [-0.2, -0.15) is 0 Å². The topological polar surface area (TPSA) is 61.2 Å². The van der Waals surface area contributed by atoms with Crippen LogP contribution >= 0.6 is 0 Å². The third-order valence-electron chi connectivity index (χ3n) is 4.57. The van der Waals surface area contributed by atoms with Crippen LogP contribution in [-0.4, -0.2) is 27.9 Å². The van der Waals surface area contributed by atoms with Crippen LogP contribution < -0.4 is 0 Å². The standard InChI is InChI=1S/C23H17FN2O3/c1-15-25-20-13-17(9-12-21(20)26(15)19-5-3-2-4-6-19)23(28)29-14-22(27)16-7-10-18(24)11-8-16/h2-13H,14H2,1H3. The Morgan fingerprint density at radius 3 is 2.38 bits per heavy atom. The van der Waals surface area contributed by atoms with Crippen LogP contribution in [-0.2, 0) is 4.74 Å². The van der Waals surface area contributed by atoms with E-state index in [0.29, 0.717) is 11.1 Å². The van der Waals surface area contributed by atoms with Crippen molar-refractivity contribution in [2.45, 2.75) is 6.92 Å². The molecule has 1 aromatic heterocycles. The van der Waals surface area contributed by atoms with Crippen molar-refractivity contribution in [2.24, 2.45) is 0 Å². The van der Waals surface area contributed by atoms with E-state index in [2.05, 4.69) is 4.98 Å². The molecule has 4 rings (SSSR count). The molecule has 0 aliphatic rings. The van der Waals surface area contributed by atoms with Gasteiger partial charge < -0.3 is 4.74 Å². The summed E-state index contributed by atoms with van der Waals surface area (Å²) in [6.07, 6.45) is 0. The van der Waals surface area contributed by atoms with Crippen molar-refractivity contribution in [3.8, 4) is 5.69 Å². The van der Waals surface area contributed by atoms with Crippen molar-refractivity contribution < 1.29 is 18.7 Å². The number of benzene rings is 3. The first-order valence-corrected chi connectivity index (χ1v) is 9.03. The Balaban J connectivity index is 1.53. The van der Waals surface area contributed by atoms with Gasteiger partial charge in [0, 0.05) is 11.3 Å². The van der Waals surface area contributed by atoms with E-state index in [1.165, 1.54) is 24.3 Å². The molecule has 6 heteroatoms. The number of fused-ring (bicyclic) bond motifs is 1. The summed E-state index contributed by atoms with van der Waals surface area (Å²) in [5.74, 6) is -0.654. The van der Waals surface area contributed by atoms with Crippen LogP contribution in [0.5, 0.6) is 0 Å². The molecule has 0 radical (unpaired) electrons. The highest BCUT2D eigenvalue weighted by Gasteiger charge is 2.15. The van der Waals surface area contributed by atoms with Crippen LogP contribution in [0.25, 0.3) is 16.7 Å². The lowest BCUT2D eigenvalue weighted by Gasteiger charge is -2.07. The Morgan fingerprint density at radius 1 is 0.966 bits per heavy atom. The Morgan fingerprint density at radius 2 is 1.66 bits per heavy atom. The van der Waals surface area contributed by atoms with Crippen LogP contribution in [0.1, 0.15) is 26.5 Å². The first-order chi connectivity index (χ1) is 14.0. The molecule has 0 N–H and O–H groups in total. The number of carbonyl (C=O) groups excluding carboxylic acids is 2. The number of ketones is 1. The zero-order valence-electron chi connectivity index (χ0n) is 15.6. The molecule has 0 unspecified atom stereocenters. The molecule has 29 heavy (non-hydrogen) atoms. The predicted molar refractivity (Wildman–Crippen MR) is 107 cm³/mol. The number of aromatic nitrogens is 2. The molecule has 3 aromatic carbocycles. The SMILES string of the molecule is Cc1nc2cc(C(=O)OCC(=O)c3ccc(F)cc3)ccc2n1-c1ccccc1. The zero-order valence-corrected chi connectivity index (χ0v) is 15.6. The molecule has 0 saturated carbocycles. The number of hydrogen-bond acceptors (Lipinski definition) is 4. The predicted octanol–water partition coefficient (Wildman–Crippen LogP) is 4.51. The number of carbonyl (C=O) groups is 2. The molecule has 144 valence electrons. The third-order valence-corrected chi connectivity index (χ3v) is 4.57. The second kappa shape index (κ2) is 7.67. The highest BCUT2D eigenvalue weighted by atomic mass is 19.1. The van der Waals surface area contributed by atoms with Crippen LogP contribution in [0.3, 0.4) is 0 Å². The summed E-state index contributed by atoms with van der Waals surface area (Å²) in [5.41, 5.74) is 3.10. The van der Waals surface area contributed by atoms with Gasteiger partial charge in [-0.05, 0) is 61.5 Å². The summed E-state index contributed by atoms with van der Waals surface area (Å²) >= 11 is 0. The van der Waals surface area contributed by atoms with E-state index in [1.807, 2.05) is 41.8 Å². The highest BCUT2D eigenvalue weighted by molar-refractivity contribution is 6.00. The molecule has 0 atom stereocenters. The van der Waals surface area contributed by atoms with E-state index >= 15 is 0 Å². The summed E-state index contributed by atoms with van der Waals surface area (Å²) in [6, 6.07) is 20.0. The lowest BCUT2D eigenvalue weighted by molar-refractivity contribution is 0.0475. The summed E-state index contributed by atoms with van der Waals surface area (Å²) in [4.78, 5) is 29.0. The smallest absolute Gasteiger partial charge is 0.338 e. The summed E-state index contributed by atoms with van der Waals surface area (Å²) in [5, 5.41) is 0. The Kier molecular flexibility index (Phi) is 4.91. The molecule has 0 fully saturated rings. The molecule has 0 spiro atoms. The fourth-order valence-electron chi connectivity index (χ4n) is 3.16. The molecular formula is C23H17FN2O3. The molecule has 5 nitrogen and oxygen atoms in total. The van der Waals surface area contributed by atoms with E-state index < -0.39 is 24.2 Å². The normalized spacial score (nSPS) is 10.8. The maximum Gasteiger partial charge on any atom is 0.338 e. The van der Waals surface area contributed by atoms with Crippen molar-refractivity contribution in [3.05, 3.63) is 95.6 Å². The minimum absolute atomic E-state index is 0.284. The highest BCUT2D eigenvalue weighted by Crippen LogP contribution is 2.22. The molecule has 4 aromatic rings. The average molecular weight is 388 g/mol. The lowest BCUT2D eigenvalue weighted by Crippen LogP contribution is -2.14. The largest absolute Gasteiger partial charge is 0.454 e. The van der Waals surface area contributed by atoms with Gasteiger partial charge >= 0.3 is 5.97 Å². The van der Waals surface area contributed by atoms with Gasteiger partial charge in [0.2, 0.25) is 0 Å². The Labute approximate surface area is 166 Å². The minimum atomic E-state index is -0.616. The monoisotopic (exact) mass is 388 g/mol. The number of Topliss-reactive ketones (excluding diaryl/α,β-unsaturated/α-hetero) is 1. The second-order valence-corrected chi connectivity index (χ2v) is 6.54. The number of ether oxygens (including phenoxy) is 1.